The molecular formula is C12H18N4O3. The van der Waals surface area contributed by atoms with Gasteiger partial charge >= 0.3 is 0 Å². The molecule has 0 aliphatic carbocycles. The molecular weight excluding hydrogens is 248 g/mol. The number of non-ortho nitro benzene ring substituents is 1. The lowest BCUT2D eigenvalue weighted by atomic mass is 10.1. The van der Waals surface area contributed by atoms with Crippen LogP contribution in [0.1, 0.15) is 12.5 Å². The fourth-order valence-electron chi connectivity index (χ4n) is 1.80. The fourth-order valence-corrected chi connectivity index (χ4v) is 1.80. The number of benzene rings is 1. The highest BCUT2D eigenvalue weighted by Gasteiger charge is 2.13. The van der Waals surface area contributed by atoms with Gasteiger partial charge in [0.25, 0.3) is 5.69 Å². The van der Waals surface area contributed by atoms with Crippen molar-refractivity contribution in [1.29, 1.82) is 0 Å². The van der Waals surface area contributed by atoms with Crippen LogP contribution < -0.4 is 11.1 Å². The number of primary amides is 1. The lowest BCUT2D eigenvalue weighted by Gasteiger charge is -2.17. The van der Waals surface area contributed by atoms with E-state index in [1.165, 1.54) is 12.1 Å². The number of nitro groups is 1. The zero-order chi connectivity index (χ0) is 14.4. The standard InChI is InChI=1S/C12H18N4O3/c1-3-14-11-5-4-10(16(18)19)6-9(11)7-15(2)8-12(13)17/h4-6,14H,3,7-8H2,1-2H3,(H2,13,17). The molecule has 1 aromatic carbocycles. The number of hydrogen-bond donors (Lipinski definition) is 2. The van der Waals surface area contributed by atoms with E-state index in [0.717, 1.165) is 11.3 Å². The first-order valence-corrected chi connectivity index (χ1v) is 5.92. The summed E-state index contributed by atoms with van der Waals surface area (Å²) in [6.45, 7) is 3.17. The minimum Gasteiger partial charge on any atom is -0.385 e. The number of anilines is 1. The number of likely N-dealkylation sites (N-methyl/N-ethyl adjacent to an activating group) is 1. The molecule has 1 rings (SSSR count). The predicted molar refractivity (Wildman–Crippen MR) is 72.8 cm³/mol. The van der Waals surface area contributed by atoms with Crippen LogP contribution in [0.25, 0.3) is 0 Å². The number of carbonyl (C=O) groups excluding carboxylic acids is 1. The third-order valence-electron chi connectivity index (χ3n) is 2.53. The number of nitrogens with two attached hydrogens (primary N) is 1. The highest BCUT2D eigenvalue weighted by atomic mass is 16.6. The second kappa shape index (κ2) is 6.69. The van der Waals surface area contributed by atoms with Crippen LogP contribution >= 0.6 is 0 Å². The molecule has 0 heterocycles. The molecule has 0 fully saturated rings. The zero-order valence-corrected chi connectivity index (χ0v) is 11.0. The van der Waals surface area contributed by atoms with Gasteiger partial charge in [-0.15, -0.1) is 0 Å². The molecule has 0 radical (unpaired) electrons. The molecule has 19 heavy (non-hydrogen) atoms. The monoisotopic (exact) mass is 266 g/mol. The fraction of sp³-hybridized carbons (Fsp3) is 0.417. The Labute approximate surface area is 111 Å². The summed E-state index contributed by atoms with van der Waals surface area (Å²) in [6.07, 6.45) is 0. The van der Waals surface area contributed by atoms with Gasteiger partial charge in [-0.05, 0) is 25.6 Å². The first-order valence-electron chi connectivity index (χ1n) is 5.92. The summed E-state index contributed by atoms with van der Waals surface area (Å²) in [4.78, 5) is 22.9. The quantitative estimate of drug-likeness (QED) is 0.565. The molecule has 0 bridgehead atoms. The van der Waals surface area contributed by atoms with Crippen LogP contribution in [0, 0.1) is 10.1 Å². The summed E-state index contributed by atoms with van der Waals surface area (Å²) in [6, 6.07) is 4.64. The number of carbonyl (C=O) groups is 1. The average molecular weight is 266 g/mol. The van der Waals surface area contributed by atoms with E-state index < -0.39 is 10.8 Å². The Morgan fingerprint density at radius 1 is 1.53 bits per heavy atom. The van der Waals surface area contributed by atoms with Gasteiger partial charge in [0.1, 0.15) is 0 Å². The van der Waals surface area contributed by atoms with E-state index in [1.807, 2.05) is 6.92 Å². The molecule has 104 valence electrons. The second-order valence-corrected chi connectivity index (χ2v) is 4.27. The SMILES string of the molecule is CCNc1ccc([N+](=O)[O-])cc1CN(C)CC(N)=O. The molecule has 7 heteroatoms. The molecule has 0 saturated carbocycles. The van der Waals surface area contributed by atoms with Gasteiger partial charge in [-0.1, -0.05) is 0 Å². The van der Waals surface area contributed by atoms with E-state index in [0.29, 0.717) is 13.1 Å². The Morgan fingerprint density at radius 3 is 2.74 bits per heavy atom. The van der Waals surface area contributed by atoms with Gasteiger partial charge in [0.05, 0.1) is 11.5 Å². The van der Waals surface area contributed by atoms with Crippen molar-refractivity contribution in [3.8, 4) is 0 Å². The maximum Gasteiger partial charge on any atom is 0.269 e. The summed E-state index contributed by atoms with van der Waals surface area (Å²) in [7, 11) is 1.74. The molecule has 7 nitrogen and oxygen atoms in total. The van der Waals surface area contributed by atoms with Crippen molar-refractivity contribution in [3.63, 3.8) is 0 Å². The normalized spacial score (nSPS) is 10.5. The summed E-state index contributed by atoms with van der Waals surface area (Å²) in [5.41, 5.74) is 6.74. The lowest BCUT2D eigenvalue weighted by molar-refractivity contribution is -0.384. The first-order chi connectivity index (χ1) is 8.93. The molecule has 0 saturated heterocycles. The van der Waals surface area contributed by atoms with Gasteiger partial charge in [-0.2, -0.15) is 0 Å². The van der Waals surface area contributed by atoms with Crippen LogP contribution in [0.2, 0.25) is 0 Å². The van der Waals surface area contributed by atoms with Gasteiger partial charge in [0.2, 0.25) is 5.91 Å². The van der Waals surface area contributed by atoms with E-state index in [2.05, 4.69) is 5.32 Å². The molecule has 0 unspecified atom stereocenters. The van der Waals surface area contributed by atoms with E-state index in [9.17, 15) is 14.9 Å². The number of hydrogen-bond acceptors (Lipinski definition) is 5. The van der Waals surface area contributed by atoms with Crippen molar-refractivity contribution in [2.45, 2.75) is 13.5 Å². The number of nitro benzene ring substituents is 1. The third-order valence-corrected chi connectivity index (χ3v) is 2.53. The highest BCUT2D eigenvalue weighted by molar-refractivity contribution is 5.75. The molecule has 1 amide bonds. The smallest absolute Gasteiger partial charge is 0.269 e. The summed E-state index contributed by atoms with van der Waals surface area (Å²) >= 11 is 0. The van der Waals surface area contributed by atoms with Crippen molar-refractivity contribution in [2.24, 2.45) is 5.73 Å². The van der Waals surface area contributed by atoms with E-state index in [1.54, 1.807) is 18.0 Å². The molecule has 3 N–H and O–H groups in total. The topological polar surface area (TPSA) is 102 Å². The van der Waals surface area contributed by atoms with Gasteiger partial charge in [-0.3, -0.25) is 19.8 Å². The number of nitrogens with one attached hydrogen (secondary N) is 1. The maximum absolute atomic E-state index is 10.8. The Balaban J connectivity index is 2.96. The van der Waals surface area contributed by atoms with Crippen LogP contribution in [0.4, 0.5) is 11.4 Å². The molecule has 0 aliphatic rings. The lowest BCUT2D eigenvalue weighted by Crippen LogP contribution is -2.30. The van der Waals surface area contributed by atoms with Crippen LogP contribution in [0.5, 0.6) is 0 Å². The van der Waals surface area contributed by atoms with Crippen molar-refractivity contribution in [1.82, 2.24) is 4.90 Å². The Bertz CT molecular complexity index is 476. The Hall–Kier alpha value is -2.15. The van der Waals surface area contributed by atoms with Crippen molar-refractivity contribution in [2.75, 3.05) is 25.5 Å². The van der Waals surface area contributed by atoms with Gasteiger partial charge in [0.15, 0.2) is 0 Å². The largest absolute Gasteiger partial charge is 0.385 e. The minimum absolute atomic E-state index is 0.0316. The number of amides is 1. The van der Waals surface area contributed by atoms with E-state index in [-0.39, 0.29) is 12.2 Å². The second-order valence-electron chi connectivity index (χ2n) is 4.27. The summed E-state index contributed by atoms with van der Waals surface area (Å²) in [5.74, 6) is -0.432. The van der Waals surface area contributed by atoms with Gasteiger partial charge < -0.3 is 11.1 Å². The molecule has 1 aromatic rings. The van der Waals surface area contributed by atoms with Crippen molar-refractivity contribution >= 4 is 17.3 Å². The molecule has 0 atom stereocenters. The highest BCUT2D eigenvalue weighted by Crippen LogP contribution is 2.23. The summed E-state index contributed by atoms with van der Waals surface area (Å²) < 4.78 is 0. The molecule has 0 spiro atoms. The zero-order valence-electron chi connectivity index (χ0n) is 11.0. The molecule has 0 aliphatic heterocycles. The minimum atomic E-state index is -0.437. The van der Waals surface area contributed by atoms with Crippen LogP contribution in [-0.4, -0.2) is 35.9 Å². The van der Waals surface area contributed by atoms with Gasteiger partial charge in [0, 0.05) is 30.9 Å². The van der Waals surface area contributed by atoms with Crippen molar-refractivity contribution in [3.05, 3.63) is 33.9 Å². The Kier molecular flexibility index (Phi) is 5.25. The Morgan fingerprint density at radius 2 is 2.21 bits per heavy atom. The first kappa shape index (κ1) is 14.9. The third kappa shape index (κ3) is 4.55. The van der Waals surface area contributed by atoms with Crippen LogP contribution in [0.15, 0.2) is 18.2 Å². The van der Waals surface area contributed by atoms with Crippen LogP contribution in [0.3, 0.4) is 0 Å². The molecule has 0 aromatic heterocycles. The average Bonchev–Trinajstić information content (AvgIpc) is 2.30. The van der Waals surface area contributed by atoms with Crippen molar-refractivity contribution < 1.29 is 9.72 Å². The van der Waals surface area contributed by atoms with E-state index >= 15 is 0 Å². The summed E-state index contributed by atoms with van der Waals surface area (Å²) in [5, 5.41) is 13.9. The van der Waals surface area contributed by atoms with E-state index in [4.69, 9.17) is 5.73 Å². The van der Waals surface area contributed by atoms with Gasteiger partial charge in [-0.25, -0.2) is 0 Å². The maximum atomic E-state index is 10.8. The number of rotatable bonds is 7. The predicted octanol–water partition coefficient (Wildman–Crippen LogP) is 0.944. The van der Waals surface area contributed by atoms with Crippen LogP contribution in [-0.2, 0) is 11.3 Å². The number of nitrogens with zero attached hydrogens (tertiary/aromatic N) is 2.